The molecule has 0 amide bonds. The zero-order valence-electron chi connectivity index (χ0n) is 9.66. The number of nitrogens with one attached hydrogen (secondary N) is 1. The summed E-state index contributed by atoms with van der Waals surface area (Å²) in [5, 5.41) is 3.35. The van der Waals surface area contributed by atoms with Gasteiger partial charge in [-0.2, -0.15) is 0 Å². The summed E-state index contributed by atoms with van der Waals surface area (Å²) in [4.78, 5) is 6.29. The van der Waals surface area contributed by atoms with Gasteiger partial charge in [0.15, 0.2) is 0 Å². The topological polar surface area (TPSA) is 37.4 Å². The third kappa shape index (κ3) is 4.76. The highest BCUT2D eigenvalue weighted by Gasteiger charge is 1.95. The third-order valence-electron chi connectivity index (χ3n) is 2.07. The summed E-state index contributed by atoms with van der Waals surface area (Å²) < 4.78 is 4.99. The molecule has 0 atom stereocenters. The van der Waals surface area contributed by atoms with Gasteiger partial charge in [-0.15, -0.1) is 0 Å². The van der Waals surface area contributed by atoms with Gasteiger partial charge in [0.25, 0.3) is 0 Å². The van der Waals surface area contributed by atoms with Crippen LogP contribution in [0.3, 0.4) is 0 Å². The molecule has 1 aromatic heterocycles. The van der Waals surface area contributed by atoms with Gasteiger partial charge in [-0.25, -0.2) is 4.98 Å². The zero-order valence-corrected chi connectivity index (χ0v) is 9.66. The molecule has 0 fully saturated rings. The molecule has 0 radical (unpaired) electrons. The quantitative estimate of drug-likeness (QED) is 0.701. The van der Waals surface area contributed by atoms with Gasteiger partial charge >= 0.3 is 0 Å². The standard InChI is InChI=1S/C11H19N3O/c1-14(2)7-6-12-8-10-4-5-11(15-3)13-9-10/h4-5,9,12H,6-8H2,1-3H3. The van der Waals surface area contributed by atoms with Crippen LogP contribution in [-0.2, 0) is 6.54 Å². The lowest BCUT2D eigenvalue weighted by Crippen LogP contribution is -2.26. The van der Waals surface area contributed by atoms with Crippen molar-refractivity contribution in [3.63, 3.8) is 0 Å². The Kier molecular flexibility index (Phi) is 5.07. The predicted molar refractivity (Wildman–Crippen MR) is 61.0 cm³/mol. The molecule has 4 heteroatoms. The van der Waals surface area contributed by atoms with E-state index in [2.05, 4.69) is 29.3 Å². The number of nitrogens with zero attached hydrogens (tertiary/aromatic N) is 2. The fourth-order valence-electron chi connectivity index (χ4n) is 1.17. The van der Waals surface area contributed by atoms with E-state index >= 15 is 0 Å². The molecule has 0 aliphatic heterocycles. The summed E-state index contributed by atoms with van der Waals surface area (Å²) in [6.07, 6.45) is 1.83. The van der Waals surface area contributed by atoms with Crippen LogP contribution in [-0.4, -0.2) is 44.2 Å². The molecule has 0 aromatic carbocycles. The lowest BCUT2D eigenvalue weighted by atomic mass is 10.3. The van der Waals surface area contributed by atoms with E-state index in [-0.39, 0.29) is 0 Å². The predicted octanol–water partition coefficient (Wildman–Crippen LogP) is 0.741. The summed E-state index contributed by atoms with van der Waals surface area (Å²) in [5.41, 5.74) is 1.18. The monoisotopic (exact) mass is 209 g/mol. The molecule has 15 heavy (non-hydrogen) atoms. The van der Waals surface area contributed by atoms with E-state index in [0.29, 0.717) is 5.88 Å². The lowest BCUT2D eigenvalue weighted by molar-refractivity contribution is 0.395. The van der Waals surface area contributed by atoms with Gasteiger partial charge < -0.3 is 15.0 Å². The molecule has 1 rings (SSSR count). The molecule has 0 aliphatic rings. The minimum absolute atomic E-state index is 0.659. The first-order valence-corrected chi connectivity index (χ1v) is 5.06. The van der Waals surface area contributed by atoms with Crippen LogP contribution in [0.4, 0.5) is 0 Å². The molecule has 0 saturated carbocycles. The van der Waals surface area contributed by atoms with Gasteiger partial charge in [-0.3, -0.25) is 0 Å². The number of hydrogen-bond donors (Lipinski definition) is 1. The fourth-order valence-corrected chi connectivity index (χ4v) is 1.17. The summed E-state index contributed by atoms with van der Waals surface area (Å²) in [5.74, 6) is 0.659. The maximum Gasteiger partial charge on any atom is 0.212 e. The van der Waals surface area contributed by atoms with Crippen LogP contribution < -0.4 is 10.1 Å². The third-order valence-corrected chi connectivity index (χ3v) is 2.07. The van der Waals surface area contributed by atoms with Crippen LogP contribution in [0.2, 0.25) is 0 Å². The van der Waals surface area contributed by atoms with Crippen molar-refractivity contribution >= 4 is 0 Å². The second kappa shape index (κ2) is 6.37. The normalized spacial score (nSPS) is 10.7. The van der Waals surface area contributed by atoms with Crippen LogP contribution in [0.1, 0.15) is 5.56 Å². The van der Waals surface area contributed by atoms with Crippen molar-refractivity contribution in [2.24, 2.45) is 0 Å². The van der Waals surface area contributed by atoms with E-state index in [4.69, 9.17) is 4.74 Å². The van der Waals surface area contributed by atoms with Crippen LogP contribution >= 0.6 is 0 Å². The Bertz CT molecular complexity index is 272. The highest BCUT2D eigenvalue weighted by molar-refractivity contribution is 5.17. The van der Waals surface area contributed by atoms with Gasteiger partial charge in [-0.05, 0) is 19.7 Å². The molecular weight excluding hydrogens is 190 g/mol. The maximum atomic E-state index is 4.99. The van der Waals surface area contributed by atoms with Crippen molar-refractivity contribution < 1.29 is 4.74 Å². The zero-order chi connectivity index (χ0) is 11.1. The largest absolute Gasteiger partial charge is 0.481 e. The molecule has 0 saturated heterocycles. The number of aromatic nitrogens is 1. The van der Waals surface area contributed by atoms with Crippen molar-refractivity contribution in [2.75, 3.05) is 34.3 Å². The summed E-state index contributed by atoms with van der Waals surface area (Å²) in [7, 11) is 5.75. The SMILES string of the molecule is COc1ccc(CNCCN(C)C)cn1. The maximum absolute atomic E-state index is 4.99. The van der Waals surface area contributed by atoms with Crippen molar-refractivity contribution in [3.05, 3.63) is 23.9 Å². The highest BCUT2D eigenvalue weighted by Crippen LogP contribution is 2.05. The van der Waals surface area contributed by atoms with Crippen molar-refractivity contribution in [2.45, 2.75) is 6.54 Å². The first-order chi connectivity index (χ1) is 7.22. The number of rotatable bonds is 6. The minimum atomic E-state index is 0.659. The van der Waals surface area contributed by atoms with Crippen LogP contribution in [0.5, 0.6) is 5.88 Å². The van der Waals surface area contributed by atoms with Crippen molar-refractivity contribution in [1.29, 1.82) is 0 Å². The van der Waals surface area contributed by atoms with E-state index in [1.807, 2.05) is 18.3 Å². The Balaban J connectivity index is 2.25. The molecule has 1 aromatic rings. The van der Waals surface area contributed by atoms with E-state index in [0.717, 1.165) is 19.6 Å². The number of methoxy groups -OCH3 is 1. The molecule has 4 nitrogen and oxygen atoms in total. The highest BCUT2D eigenvalue weighted by atomic mass is 16.5. The van der Waals surface area contributed by atoms with Gasteiger partial charge in [0.1, 0.15) is 0 Å². The number of pyridine rings is 1. The second-order valence-corrected chi connectivity index (χ2v) is 3.69. The average Bonchev–Trinajstić information content (AvgIpc) is 2.25. The molecule has 0 bridgehead atoms. The van der Waals surface area contributed by atoms with E-state index in [9.17, 15) is 0 Å². The van der Waals surface area contributed by atoms with Gasteiger partial charge in [0, 0.05) is 31.9 Å². The fraction of sp³-hybridized carbons (Fsp3) is 0.545. The van der Waals surface area contributed by atoms with Crippen molar-refractivity contribution in [3.8, 4) is 5.88 Å². The molecule has 84 valence electrons. The Labute approximate surface area is 91.3 Å². The summed E-state index contributed by atoms with van der Waals surface area (Å²) in [6, 6.07) is 3.90. The Morgan fingerprint density at radius 3 is 2.73 bits per heavy atom. The Hall–Kier alpha value is -1.13. The van der Waals surface area contributed by atoms with Crippen LogP contribution in [0.15, 0.2) is 18.3 Å². The molecular formula is C11H19N3O. The Morgan fingerprint density at radius 2 is 2.20 bits per heavy atom. The van der Waals surface area contributed by atoms with E-state index in [1.54, 1.807) is 7.11 Å². The first-order valence-electron chi connectivity index (χ1n) is 5.06. The van der Waals surface area contributed by atoms with Crippen LogP contribution in [0, 0.1) is 0 Å². The van der Waals surface area contributed by atoms with Crippen LogP contribution in [0.25, 0.3) is 0 Å². The molecule has 0 aliphatic carbocycles. The lowest BCUT2D eigenvalue weighted by Gasteiger charge is -2.10. The van der Waals surface area contributed by atoms with Gasteiger partial charge in [-0.1, -0.05) is 6.07 Å². The smallest absolute Gasteiger partial charge is 0.212 e. The average molecular weight is 209 g/mol. The van der Waals surface area contributed by atoms with Gasteiger partial charge in [0.05, 0.1) is 7.11 Å². The molecule has 0 unspecified atom stereocenters. The van der Waals surface area contributed by atoms with Crippen molar-refractivity contribution in [1.82, 2.24) is 15.2 Å². The molecule has 0 spiro atoms. The number of ether oxygens (including phenoxy) is 1. The summed E-state index contributed by atoms with van der Waals surface area (Å²) >= 11 is 0. The Morgan fingerprint density at radius 1 is 1.40 bits per heavy atom. The first kappa shape index (κ1) is 11.9. The molecule has 1 N–H and O–H groups in total. The number of likely N-dealkylation sites (N-methyl/N-ethyl adjacent to an activating group) is 1. The minimum Gasteiger partial charge on any atom is -0.481 e. The number of hydrogen-bond acceptors (Lipinski definition) is 4. The summed E-state index contributed by atoms with van der Waals surface area (Å²) in [6.45, 7) is 2.88. The second-order valence-electron chi connectivity index (χ2n) is 3.69. The van der Waals surface area contributed by atoms with E-state index < -0.39 is 0 Å². The van der Waals surface area contributed by atoms with Gasteiger partial charge in [0.2, 0.25) is 5.88 Å². The van der Waals surface area contributed by atoms with E-state index in [1.165, 1.54) is 5.56 Å². The molecule has 1 heterocycles.